The lowest BCUT2D eigenvalue weighted by Gasteiger charge is -2.36. The van der Waals surface area contributed by atoms with Crippen molar-refractivity contribution >= 4 is 46.6 Å². The highest BCUT2D eigenvalue weighted by molar-refractivity contribution is 7.81. The number of ether oxygens (including phenoxy) is 1. The first-order chi connectivity index (χ1) is 16.3. The molecule has 3 aromatic rings. The van der Waals surface area contributed by atoms with E-state index in [0.717, 1.165) is 11.1 Å². The third-order valence-corrected chi connectivity index (χ3v) is 5.96. The van der Waals surface area contributed by atoms with Crippen LogP contribution in [-0.2, 0) is 9.59 Å². The van der Waals surface area contributed by atoms with Gasteiger partial charge in [0.05, 0.1) is 17.5 Å². The van der Waals surface area contributed by atoms with Crippen molar-refractivity contribution in [3.8, 4) is 5.75 Å². The van der Waals surface area contributed by atoms with Gasteiger partial charge in [0.25, 0.3) is 11.8 Å². The molecule has 2 amide bonds. The molecule has 172 valence electrons. The van der Waals surface area contributed by atoms with Crippen molar-refractivity contribution in [2.24, 2.45) is 0 Å². The van der Waals surface area contributed by atoms with E-state index in [9.17, 15) is 9.59 Å². The van der Waals surface area contributed by atoms with Crippen LogP contribution in [0.2, 0.25) is 0 Å². The van der Waals surface area contributed by atoms with Crippen molar-refractivity contribution in [3.05, 3.63) is 95.1 Å². The zero-order valence-electron chi connectivity index (χ0n) is 19.6. The fourth-order valence-electron chi connectivity index (χ4n) is 3.74. The second kappa shape index (κ2) is 9.61. The van der Waals surface area contributed by atoms with Crippen LogP contribution >= 0.6 is 12.2 Å². The molecule has 0 unspecified atom stereocenters. The minimum absolute atomic E-state index is 0.00971. The van der Waals surface area contributed by atoms with Gasteiger partial charge in [-0.25, -0.2) is 0 Å². The summed E-state index contributed by atoms with van der Waals surface area (Å²) < 4.78 is 5.91. The van der Waals surface area contributed by atoms with Crippen molar-refractivity contribution in [1.29, 1.82) is 0 Å². The number of benzene rings is 3. The fourth-order valence-corrected chi connectivity index (χ4v) is 4.12. The molecule has 0 aromatic heterocycles. The Morgan fingerprint density at radius 2 is 1.41 bits per heavy atom. The second-order valence-corrected chi connectivity index (χ2v) is 8.80. The highest BCUT2D eigenvalue weighted by Gasteiger charge is 2.41. The van der Waals surface area contributed by atoms with E-state index < -0.39 is 11.8 Å². The largest absolute Gasteiger partial charge is 0.490 e. The van der Waals surface area contributed by atoms with Crippen LogP contribution in [0.5, 0.6) is 5.75 Å². The lowest BCUT2D eigenvalue weighted by Crippen LogP contribution is -2.57. The molecule has 0 atom stereocenters. The predicted octanol–water partition coefficient (Wildman–Crippen LogP) is 5.84. The van der Waals surface area contributed by atoms with E-state index in [1.165, 1.54) is 9.80 Å². The van der Waals surface area contributed by atoms with E-state index in [1.54, 1.807) is 18.2 Å². The maximum atomic E-state index is 13.7. The summed E-state index contributed by atoms with van der Waals surface area (Å²) in [6, 6.07) is 22.2. The summed E-state index contributed by atoms with van der Waals surface area (Å²) in [6.07, 6.45) is 1.53. The number of aryl methyl sites for hydroxylation is 2. The average molecular weight is 471 g/mol. The molecule has 34 heavy (non-hydrogen) atoms. The Morgan fingerprint density at radius 3 is 2.06 bits per heavy atom. The lowest BCUT2D eigenvalue weighted by molar-refractivity contribution is -0.120. The first kappa shape index (κ1) is 23.4. The van der Waals surface area contributed by atoms with E-state index in [0.29, 0.717) is 22.7 Å². The topological polar surface area (TPSA) is 49.9 Å². The van der Waals surface area contributed by atoms with Gasteiger partial charge in [-0.05, 0) is 87.4 Å². The summed E-state index contributed by atoms with van der Waals surface area (Å²) in [5.41, 5.74) is 3.99. The molecule has 1 saturated heterocycles. The van der Waals surface area contributed by atoms with E-state index in [2.05, 4.69) is 0 Å². The molecule has 0 bridgehead atoms. The molecule has 1 aliphatic rings. The van der Waals surface area contributed by atoms with Crippen molar-refractivity contribution in [1.82, 2.24) is 0 Å². The van der Waals surface area contributed by atoms with Crippen LogP contribution in [0.3, 0.4) is 0 Å². The van der Waals surface area contributed by atoms with Gasteiger partial charge >= 0.3 is 0 Å². The van der Waals surface area contributed by atoms with Gasteiger partial charge in [-0.2, -0.15) is 0 Å². The Morgan fingerprint density at radius 1 is 0.794 bits per heavy atom. The molecule has 0 radical (unpaired) electrons. The van der Waals surface area contributed by atoms with Gasteiger partial charge in [-0.1, -0.05) is 42.5 Å². The van der Waals surface area contributed by atoms with Gasteiger partial charge in [0.15, 0.2) is 5.11 Å². The second-order valence-electron chi connectivity index (χ2n) is 8.43. The fraction of sp³-hybridized carbons (Fsp3) is 0.179. The number of hydrogen-bond acceptors (Lipinski definition) is 4. The summed E-state index contributed by atoms with van der Waals surface area (Å²) in [5.74, 6) is -0.340. The van der Waals surface area contributed by atoms with Crippen LogP contribution < -0.4 is 14.5 Å². The molecular weight excluding hydrogens is 444 g/mol. The highest BCUT2D eigenvalue weighted by atomic mass is 32.1. The molecule has 6 heteroatoms. The Labute approximate surface area is 205 Å². The van der Waals surface area contributed by atoms with Gasteiger partial charge < -0.3 is 4.74 Å². The van der Waals surface area contributed by atoms with Crippen LogP contribution in [0, 0.1) is 13.8 Å². The van der Waals surface area contributed by atoms with Gasteiger partial charge in [0.2, 0.25) is 0 Å². The van der Waals surface area contributed by atoms with Crippen LogP contribution in [0.4, 0.5) is 11.4 Å². The third kappa shape index (κ3) is 4.50. The van der Waals surface area contributed by atoms with E-state index in [4.69, 9.17) is 17.0 Å². The average Bonchev–Trinajstić information content (AvgIpc) is 2.80. The lowest BCUT2D eigenvalue weighted by atomic mass is 10.0. The number of para-hydroxylation sites is 2. The van der Waals surface area contributed by atoms with Gasteiger partial charge in [0.1, 0.15) is 11.3 Å². The molecule has 1 fully saturated rings. The maximum absolute atomic E-state index is 13.7. The summed E-state index contributed by atoms with van der Waals surface area (Å²) >= 11 is 5.70. The zero-order chi connectivity index (χ0) is 24.4. The summed E-state index contributed by atoms with van der Waals surface area (Å²) in [7, 11) is 0. The van der Waals surface area contributed by atoms with Crippen molar-refractivity contribution < 1.29 is 14.3 Å². The first-order valence-electron chi connectivity index (χ1n) is 11.1. The van der Waals surface area contributed by atoms with E-state index in [1.807, 2.05) is 88.4 Å². The molecule has 0 spiro atoms. The Hall–Kier alpha value is -3.77. The van der Waals surface area contributed by atoms with Gasteiger partial charge in [-0.3, -0.25) is 19.4 Å². The number of amides is 2. The van der Waals surface area contributed by atoms with Gasteiger partial charge in [0, 0.05) is 5.56 Å². The van der Waals surface area contributed by atoms with Crippen LogP contribution in [0.25, 0.3) is 6.08 Å². The molecule has 1 heterocycles. The van der Waals surface area contributed by atoms with Crippen molar-refractivity contribution in [2.45, 2.75) is 33.8 Å². The quantitative estimate of drug-likeness (QED) is 0.267. The number of carbonyl (C=O) groups is 2. The Balaban J connectivity index is 1.88. The summed E-state index contributed by atoms with van der Waals surface area (Å²) in [4.78, 5) is 30.2. The smallest absolute Gasteiger partial charge is 0.270 e. The van der Waals surface area contributed by atoms with Crippen LogP contribution in [0.15, 0.2) is 78.4 Å². The number of anilines is 2. The van der Waals surface area contributed by atoms with E-state index >= 15 is 0 Å². The Kier molecular flexibility index (Phi) is 6.61. The molecule has 5 nitrogen and oxygen atoms in total. The first-order valence-corrected chi connectivity index (χ1v) is 11.5. The minimum Gasteiger partial charge on any atom is -0.490 e. The minimum atomic E-state index is -0.472. The monoisotopic (exact) mass is 470 g/mol. The Bertz CT molecular complexity index is 1300. The third-order valence-electron chi connectivity index (χ3n) is 5.59. The van der Waals surface area contributed by atoms with Gasteiger partial charge in [-0.15, -0.1) is 0 Å². The number of carbonyl (C=O) groups excluding carboxylic acids is 2. The molecule has 0 aliphatic carbocycles. The number of thiocarbonyl (C=S) groups is 1. The van der Waals surface area contributed by atoms with Crippen molar-refractivity contribution in [3.63, 3.8) is 0 Å². The van der Waals surface area contributed by atoms with Crippen LogP contribution in [-0.4, -0.2) is 23.0 Å². The van der Waals surface area contributed by atoms with E-state index in [-0.39, 0.29) is 16.8 Å². The molecule has 3 aromatic carbocycles. The van der Waals surface area contributed by atoms with Crippen molar-refractivity contribution in [2.75, 3.05) is 9.80 Å². The maximum Gasteiger partial charge on any atom is 0.270 e. The highest BCUT2D eigenvalue weighted by Crippen LogP contribution is 2.32. The number of rotatable bonds is 5. The molecular formula is C28H26N2O3S. The molecule has 0 saturated carbocycles. The molecule has 0 N–H and O–H groups in total. The molecule has 1 aliphatic heterocycles. The SMILES string of the molecule is Cc1ccc(N2C(=O)/C(=C\c3ccccc3OC(C)C)C(=O)N(c3ccccc3)C2=S)cc1C. The standard InChI is InChI=1S/C28H26N2O3S/c1-18(2)33-25-13-9-8-10-21(25)17-24-26(31)29(22-11-6-5-7-12-22)28(34)30(27(24)32)23-15-14-19(3)20(4)16-23/h5-18H,1-4H3/b24-17-. The normalized spacial score (nSPS) is 15.4. The molecule has 4 rings (SSSR count). The summed E-state index contributed by atoms with van der Waals surface area (Å²) in [5, 5.41) is 0.119. The summed E-state index contributed by atoms with van der Waals surface area (Å²) in [6.45, 7) is 7.84. The van der Waals surface area contributed by atoms with Crippen LogP contribution in [0.1, 0.15) is 30.5 Å². The number of hydrogen-bond donors (Lipinski definition) is 0. The zero-order valence-corrected chi connectivity index (χ0v) is 20.4. The predicted molar refractivity (Wildman–Crippen MR) is 140 cm³/mol. The number of nitrogens with zero attached hydrogens (tertiary/aromatic N) is 2.